The van der Waals surface area contributed by atoms with E-state index in [-0.39, 0.29) is 12.2 Å². The molecule has 0 aliphatic carbocycles. The minimum atomic E-state index is -0.474. The Morgan fingerprint density at radius 3 is 2.40 bits per heavy atom. The van der Waals surface area contributed by atoms with Gasteiger partial charge in [-0.25, -0.2) is 0 Å². The molecule has 82 valence electrons. The second-order valence-electron chi connectivity index (χ2n) is 4.58. The third-order valence-electron chi connectivity index (χ3n) is 2.63. The molecule has 0 spiro atoms. The highest BCUT2D eigenvalue weighted by Gasteiger charge is 2.33. The number of rotatable bonds is 1. The van der Waals surface area contributed by atoms with E-state index < -0.39 is 5.79 Å². The van der Waals surface area contributed by atoms with Crippen LogP contribution in [0.2, 0.25) is 0 Å². The Morgan fingerprint density at radius 2 is 1.80 bits per heavy atom. The molecule has 1 aliphatic rings. The molecule has 0 N–H and O–H groups in total. The SMILES string of the molecule is C[C@@H]1C[C@H](c2ccccc2)OC(C)(C)O1. The fraction of sp³-hybridized carbons (Fsp3) is 0.538. The van der Waals surface area contributed by atoms with E-state index >= 15 is 0 Å². The zero-order chi connectivity index (χ0) is 10.9. The molecule has 0 radical (unpaired) electrons. The lowest BCUT2D eigenvalue weighted by molar-refractivity contribution is -0.298. The van der Waals surface area contributed by atoms with Gasteiger partial charge in [-0.15, -0.1) is 0 Å². The van der Waals surface area contributed by atoms with E-state index in [2.05, 4.69) is 19.1 Å². The lowest BCUT2D eigenvalue weighted by Gasteiger charge is -2.39. The molecule has 1 saturated heterocycles. The summed E-state index contributed by atoms with van der Waals surface area (Å²) in [5, 5.41) is 0. The van der Waals surface area contributed by atoms with Gasteiger partial charge in [0.15, 0.2) is 5.79 Å². The summed E-state index contributed by atoms with van der Waals surface area (Å²) in [5.41, 5.74) is 1.24. The van der Waals surface area contributed by atoms with Crippen molar-refractivity contribution in [1.82, 2.24) is 0 Å². The van der Waals surface area contributed by atoms with Crippen LogP contribution in [0.4, 0.5) is 0 Å². The van der Waals surface area contributed by atoms with Crippen molar-refractivity contribution in [2.24, 2.45) is 0 Å². The Morgan fingerprint density at radius 1 is 1.13 bits per heavy atom. The Hall–Kier alpha value is -0.860. The van der Waals surface area contributed by atoms with Gasteiger partial charge in [0.1, 0.15) is 0 Å². The van der Waals surface area contributed by atoms with Crippen LogP contribution < -0.4 is 0 Å². The smallest absolute Gasteiger partial charge is 0.163 e. The summed E-state index contributed by atoms with van der Waals surface area (Å²) in [4.78, 5) is 0. The fourth-order valence-corrected chi connectivity index (χ4v) is 2.12. The molecule has 0 bridgehead atoms. The van der Waals surface area contributed by atoms with Crippen LogP contribution in [0.25, 0.3) is 0 Å². The number of hydrogen-bond donors (Lipinski definition) is 0. The summed E-state index contributed by atoms with van der Waals surface area (Å²) < 4.78 is 11.6. The van der Waals surface area contributed by atoms with Gasteiger partial charge >= 0.3 is 0 Å². The lowest BCUT2D eigenvalue weighted by atomic mass is 10.0. The van der Waals surface area contributed by atoms with Crippen LogP contribution in [0.5, 0.6) is 0 Å². The molecule has 2 heteroatoms. The molecule has 2 nitrogen and oxygen atoms in total. The third kappa shape index (κ3) is 2.58. The normalized spacial score (nSPS) is 30.1. The van der Waals surface area contributed by atoms with Gasteiger partial charge in [0.05, 0.1) is 12.2 Å². The van der Waals surface area contributed by atoms with Gasteiger partial charge in [-0.3, -0.25) is 0 Å². The van der Waals surface area contributed by atoms with Crippen LogP contribution in [0, 0.1) is 0 Å². The maximum Gasteiger partial charge on any atom is 0.163 e. The Kier molecular flexibility index (Phi) is 2.81. The molecule has 1 aromatic carbocycles. The highest BCUT2D eigenvalue weighted by atomic mass is 16.7. The molecule has 0 amide bonds. The van der Waals surface area contributed by atoms with Crippen LogP contribution in [0.15, 0.2) is 30.3 Å². The molecule has 2 atom stereocenters. The van der Waals surface area contributed by atoms with Crippen molar-refractivity contribution < 1.29 is 9.47 Å². The first kappa shape index (κ1) is 10.7. The average molecular weight is 206 g/mol. The van der Waals surface area contributed by atoms with Crippen LogP contribution in [0.1, 0.15) is 38.9 Å². The molecular weight excluding hydrogens is 188 g/mol. The Balaban J connectivity index is 2.17. The first-order valence-corrected chi connectivity index (χ1v) is 5.47. The molecule has 15 heavy (non-hydrogen) atoms. The van der Waals surface area contributed by atoms with E-state index in [9.17, 15) is 0 Å². The predicted octanol–water partition coefficient (Wildman–Crippen LogP) is 3.29. The van der Waals surface area contributed by atoms with E-state index in [4.69, 9.17) is 9.47 Å². The van der Waals surface area contributed by atoms with E-state index in [1.807, 2.05) is 32.0 Å². The van der Waals surface area contributed by atoms with Gasteiger partial charge < -0.3 is 9.47 Å². The van der Waals surface area contributed by atoms with Crippen molar-refractivity contribution in [3.05, 3.63) is 35.9 Å². The molecule has 0 aromatic heterocycles. The second-order valence-corrected chi connectivity index (χ2v) is 4.58. The summed E-state index contributed by atoms with van der Waals surface area (Å²) in [6.45, 7) is 6.04. The van der Waals surface area contributed by atoms with Gasteiger partial charge in [0.25, 0.3) is 0 Å². The van der Waals surface area contributed by atoms with Gasteiger partial charge in [0, 0.05) is 6.42 Å². The van der Waals surface area contributed by atoms with E-state index in [1.54, 1.807) is 0 Å². The zero-order valence-corrected chi connectivity index (χ0v) is 9.57. The molecule has 1 heterocycles. The molecule has 2 rings (SSSR count). The molecule has 1 aromatic rings. The maximum absolute atomic E-state index is 5.91. The first-order valence-electron chi connectivity index (χ1n) is 5.47. The maximum atomic E-state index is 5.91. The monoisotopic (exact) mass is 206 g/mol. The average Bonchev–Trinajstić information content (AvgIpc) is 2.16. The predicted molar refractivity (Wildman–Crippen MR) is 59.5 cm³/mol. The van der Waals surface area contributed by atoms with E-state index in [1.165, 1.54) is 5.56 Å². The second kappa shape index (κ2) is 3.95. The number of hydrogen-bond acceptors (Lipinski definition) is 2. The highest BCUT2D eigenvalue weighted by Crippen LogP contribution is 2.35. The summed E-state index contributed by atoms with van der Waals surface area (Å²) in [6.07, 6.45) is 1.33. The first-order chi connectivity index (χ1) is 7.07. The van der Waals surface area contributed by atoms with Crippen molar-refractivity contribution in [2.45, 2.75) is 45.2 Å². The summed E-state index contributed by atoms with van der Waals surface area (Å²) in [5.74, 6) is -0.474. The Bertz CT molecular complexity index is 319. The van der Waals surface area contributed by atoms with Gasteiger partial charge in [-0.2, -0.15) is 0 Å². The summed E-state index contributed by atoms with van der Waals surface area (Å²) in [6, 6.07) is 10.3. The van der Waals surface area contributed by atoms with E-state index in [0.717, 1.165) is 6.42 Å². The molecule has 1 fully saturated rings. The summed E-state index contributed by atoms with van der Waals surface area (Å²) in [7, 11) is 0. The third-order valence-corrected chi connectivity index (χ3v) is 2.63. The molecule has 0 saturated carbocycles. The van der Waals surface area contributed by atoms with Crippen molar-refractivity contribution in [3.63, 3.8) is 0 Å². The zero-order valence-electron chi connectivity index (χ0n) is 9.57. The summed E-state index contributed by atoms with van der Waals surface area (Å²) >= 11 is 0. The van der Waals surface area contributed by atoms with Crippen LogP contribution in [-0.2, 0) is 9.47 Å². The van der Waals surface area contributed by atoms with Gasteiger partial charge in [-0.05, 0) is 26.3 Å². The van der Waals surface area contributed by atoms with Crippen LogP contribution in [0.3, 0.4) is 0 Å². The number of benzene rings is 1. The quantitative estimate of drug-likeness (QED) is 0.702. The van der Waals surface area contributed by atoms with Gasteiger partial charge in [0.2, 0.25) is 0 Å². The molecule has 1 aliphatic heterocycles. The largest absolute Gasteiger partial charge is 0.347 e. The highest BCUT2D eigenvalue weighted by molar-refractivity contribution is 5.18. The van der Waals surface area contributed by atoms with E-state index in [0.29, 0.717) is 0 Å². The topological polar surface area (TPSA) is 18.5 Å². The standard InChI is InChI=1S/C13H18O2/c1-10-9-12(15-13(2,3)14-10)11-7-5-4-6-8-11/h4-8,10,12H,9H2,1-3H3/t10-,12-/m1/s1. The molecular formula is C13H18O2. The van der Waals surface area contributed by atoms with Crippen LogP contribution in [-0.4, -0.2) is 11.9 Å². The van der Waals surface area contributed by atoms with Crippen molar-refractivity contribution >= 4 is 0 Å². The van der Waals surface area contributed by atoms with Crippen molar-refractivity contribution in [1.29, 1.82) is 0 Å². The minimum Gasteiger partial charge on any atom is -0.347 e. The van der Waals surface area contributed by atoms with Crippen LogP contribution >= 0.6 is 0 Å². The fourth-order valence-electron chi connectivity index (χ4n) is 2.12. The minimum absolute atomic E-state index is 0.157. The number of ether oxygens (including phenoxy) is 2. The van der Waals surface area contributed by atoms with Crippen molar-refractivity contribution in [3.8, 4) is 0 Å². The Labute approximate surface area is 91.2 Å². The lowest BCUT2D eigenvalue weighted by Crippen LogP contribution is -2.40. The van der Waals surface area contributed by atoms with Gasteiger partial charge in [-0.1, -0.05) is 30.3 Å². The molecule has 0 unspecified atom stereocenters. The van der Waals surface area contributed by atoms with Crippen molar-refractivity contribution in [2.75, 3.05) is 0 Å².